The van der Waals surface area contributed by atoms with Crippen LogP contribution in [-0.4, -0.2) is 42.0 Å². The zero-order valence-corrected chi connectivity index (χ0v) is 72.9. The number of halogens is 1. The average Bonchev–Trinajstić information content (AvgIpc) is 1.60. The number of anilines is 6. The fourth-order valence-corrected chi connectivity index (χ4v) is 19.6. The van der Waals surface area contributed by atoms with Crippen molar-refractivity contribution in [2.45, 2.75) is 11.8 Å². The van der Waals surface area contributed by atoms with Crippen LogP contribution in [0.1, 0.15) is 5.56 Å². The molecule has 3 N–H and O–H groups in total. The zero-order valence-electron chi connectivity index (χ0n) is 70.5. The van der Waals surface area contributed by atoms with E-state index in [9.17, 15) is 23.7 Å². The molecule has 16 heteroatoms. The summed E-state index contributed by atoms with van der Waals surface area (Å²) in [5, 5.41) is 44.4. The predicted molar refractivity (Wildman–Crippen MR) is 539 cm³/mol. The van der Waals surface area contributed by atoms with Crippen molar-refractivity contribution in [3.05, 3.63) is 453 Å². The first-order valence-corrected chi connectivity index (χ1v) is 45.2. The molecule has 25 aromatic rings. The molecule has 131 heavy (non-hydrogen) atoms. The van der Waals surface area contributed by atoms with Gasteiger partial charge in [-0.15, -0.1) is 0 Å². The van der Waals surface area contributed by atoms with Crippen LogP contribution in [0.2, 0.25) is 0 Å². The van der Waals surface area contributed by atoms with Gasteiger partial charge < -0.3 is 56.4 Å². The molecule has 630 valence electrons. The number of fused-ring (bicyclic) bond motifs is 18. The Hall–Kier alpha value is -16.8. The largest absolute Gasteiger partial charge is 0.508 e. The number of hydrogen-bond donors (Lipinski definition) is 3. The summed E-state index contributed by atoms with van der Waals surface area (Å²) in [5.41, 5.74) is 21.4. The number of rotatable bonds is 13. The van der Waals surface area contributed by atoms with Crippen molar-refractivity contribution in [2.75, 3.05) is 9.80 Å². The third-order valence-electron chi connectivity index (χ3n) is 24.2. The van der Waals surface area contributed by atoms with Gasteiger partial charge in [0.2, 0.25) is 0 Å². The lowest BCUT2D eigenvalue weighted by atomic mass is 10.1. The van der Waals surface area contributed by atoms with E-state index in [2.05, 4.69) is 184 Å². The summed E-state index contributed by atoms with van der Waals surface area (Å²) >= 11 is 3.41. The Morgan fingerprint density at radius 3 is 1.03 bits per heavy atom. The van der Waals surface area contributed by atoms with Crippen molar-refractivity contribution in [2.24, 2.45) is 0 Å². The van der Waals surface area contributed by atoms with E-state index in [4.69, 9.17) is 13.0 Å². The van der Waals surface area contributed by atoms with Crippen LogP contribution in [-0.2, 0) is 10.1 Å². The Morgan fingerprint density at radius 1 is 0.267 bits per heavy atom. The molecule has 0 bridgehead atoms. The van der Waals surface area contributed by atoms with E-state index < -0.39 is 10.1 Å². The smallest absolute Gasteiger partial charge is 0.339 e. The van der Waals surface area contributed by atoms with Gasteiger partial charge in [0.1, 0.15) is 44.5 Å². The van der Waals surface area contributed by atoms with Gasteiger partial charge in [0.15, 0.2) is 5.75 Å². The normalized spacial score (nSPS) is 11.6. The lowest BCUT2D eigenvalue weighted by Gasteiger charge is -2.27. The second-order valence-electron chi connectivity index (χ2n) is 32.2. The maximum atomic E-state index is 14.1. The first-order valence-electron chi connectivity index (χ1n) is 43.0. The minimum absolute atomic E-state index is 0.0790. The Morgan fingerprint density at radius 2 is 0.595 bits per heavy atom. The molecule has 0 saturated heterocycles. The van der Waals surface area contributed by atoms with Crippen LogP contribution in [0.15, 0.2) is 461 Å². The molecule has 0 fully saturated rings. The Balaban J connectivity index is 0.000000110. The zero-order chi connectivity index (χ0) is 88.4. The van der Waals surface area contributed by atoms with Gasteiger partial charge in [-0.3, -0.25) is 0 Å². The molecule has 19 aromatic carbocycles. The molecular weight excluding hydrogens is 1710 g/mol. The van der Waals surface area contributed by atoms with Crippen LogP contribution in [0.4, 0.5) is 34.1 Å². The molecule has 14 nitrogen and oxygen atoms in total. The lowest BCUT2D eigenvalue weighted by Crippen LogP contribution is -2.15. The highest BCUT2D eigenvalue weighted by Crippen LogP contribution is 2.50. The van der Waals surface area contributed by atoms with Crippen molar-refractivity contribution in [3.8, 4) is 45.7 Å². The van der Waals surface area contributed by atoms with Gasteiger partial charge in [0.25, 0.3) is 0 Å². The van der Waals surface area contributed by atoms with Gasteiger partial charge >= 0.3 is 10.1 Å². The molecule has 25 rings (SSSR count). The van der Waals surface area contributed by atoms with Gasteiger partial charge in [-0.25, -0.2) is 0 Å². The maximum Gasteiger partial charge on any atom is 0.339 e. The van der Waals surface area contributed by atoms with Crippen molar-refractivity contribution in [1.82, 2.24) is 18.3 Å². The third kappa shape index (κ3) is 14.6. The number of furan rings is 2. The summed E-state index contributed by atoms with van der Waals surface area (Å²) in [6, 6.07) is 146. The molecule has 6 heterocycles. The fourth-order valence-electron chi connectivity index (χ4n) is 18.3. The van der Waals surface area contributed by atoms with Crippen LogP contribution in [0.5, 0.6) is 23.0 Å². The highest BCUT2D eigenvalue weighted by atomic mass is 79.9. The topological polar surface area (TPSA) is 157 Å². The Bertz CT molecular complexity index is 8780. The minimum atomic E-state index is -4.23. The summed E-state index contributed by atoms with van der Waals surface area (Å²) in [6.07, 6.45) is 0. The number of aryl methyl sites for hydroxylation is 1. The number of phenols is 3. The number of hydrogen-bond acceptors (Lipinski definition) is 10. The number of aromatic hydroxyl groups is 3. The molecule has 0 atom stereocenters. The van der Waals surface area contributed by atoms with Gasteiger partial charge in [0.05, 0.1) is 60.0 Å². The van der Waals surface area contributed by atoms with Gasteiger partial charge in [-0.2, -0.15) is 8.42 Å². The third-order valence-corrected chi connectivity index (χ3v) is 26.1. The highest BCUT2D eigenvalue weighted by Gasteiger charge is 2.29. The van der Waals surface area contributed by atoms with Crippen molar-refractivity contribution < 1.29 is 36.8 Å². The number of nitrogens with zero attached hydrogens (tertiary/aromatic N) is 6. The van der Waals surface area contributed by atoms with E-state index in [1.54, 1.807) is 30.3 Å². The Labute approximate surface area is 761 Å². The van der Waals surface area contributed by atoms with Crippen molar-refractivity contribution >= 4 is 191 Å². The fraction of sp³-hybridized carbons (Fsp3) is 0.00870. The Kier molecular flexibility index (Phi) is 20.5. The van der Waals surface area contributed by atoms with E-state index in [-0.39, 0.29) is 27.9 Å². The minimum Gasteiger partial charge on any atom is -0.508 e. The van der Waals surface area contributed by atoms with Gasteiger partial charge in [-0.1, -0.05) is 236 Å². The van der Waals surface area contributed by atoms with E-state index in [1.807, 2.05) is 280 Å². The molecular formula is C115H79BrN6O8S. The van der Waals surface area contributed by atoms with E-state index in [1.165, 1.54) is 10.8 Å². The predicted octanol–water partition coefficient (Wildman–Crippen LogP) is 30.8. The number of para-hydroxylation sites is 12. The highest BCUT2D eigenvalue weighted by molar-refractivity contribution is 9.10. The molecule has 0 spiro atoms. The SMILES string of the molecule is Cc1ccc(S(=O)(=O)Oc2cc3c(cc2N(c2ccccc2)c2ccc4oc5ccccc5c4c2)c2ccccc2n3-c2ccccc2)cc1.Oc1cc2c(cc1Br)c1ccccc1n2-c1ccccc1.Oc1cc2c(cc1N(c1ccccc1)c1ccc3oc4ccccc4c3c1)c1ccccc1n2-c1ccccc1.Oc1ccc2c3ccccc3n(-c3ccccc3)c2c1. The van der Waals surface area contributed by atoms with E-state index in [0.717, 1.165) is 171 Å². The first kappa shape index (κ1) is 80.1. The lowest BCUT2D eigenvalue weighted by molar-refractivity contribution is 0.472. The first-order chi connectivity index (χ1) is 64.3. The van der Waals surface area contributed by atoms with Crippen molar-refractivity contribution in [3.63, 3.8) is 0 Å². The summed E-state index contributed by atoms with van der Waals surface area (Å²) in [4.78, 5) is 4.25. The monoisotopic (exact) mass is 1780 g/mol. The second kappa shape index (κ2) is 33.5. The van der Waals surface area contributed by atoms with E-state index >= 15 is 0 Å². The second-order valence-corrected chi connectivity index (χ2v) is 34.6. The van der Waals surface area contributed by atoms with Crippen molar-refractivity contribution in [1.29, 1.82) is 0 Å². The summed E-state index contributed by atoms with van der Waals surface area (Å²) in [5.74, 6) is 0.938. The molecule has 0 aliphatic rings. The molecule has 0 saturated carbocycles. The van der Waals surface area contributed by atoms with E-state index in [0.29, 0.717) is 15.8 Å². The molecule has 0 aliphatic carbocycles. The van der Waals surface area contributed by atoms with Crippen LogP contribution >= 0.6 is 15.9 Å². The molecule has 0 radical (unpaired) electrons. The quantitative estimate of drug-likeness (QED) is 0.0950. The number of phenolic OH excluding ortho intramolecular Hbond substituents is 3. The number of aromatic nitrogens is 4. The molecule has 6 aromatic heterocycles. The average molecular weight is 1780 g/mol. The van der Waals surface area contributed by atoms with Crippen LogP contribution in [0.25, 0.3) is 154 Å². The maximum absolute atomic E-state index is 14.1. The van der Waals surface area contributed by atoms with Gasteiger partial charge in [-0.05, 0) is 211 Å². The summed E-state index contributed by atoms with van der Waals surface area (Å²) < 4.78 is 56.0. The van der Waals surface area contributed by atoms with Gasteiger partial charge in [0, 0.05) is 134 Å². The van der Waals surface area contributed by atoms with Crippen LogP contribution < -0.4 is 14.0 Å². The number of benzene rings is 19. The summed E-state index contributed by atoms with van der Waals surface area (Å²) in [6.45, 7) is 1.92. The molecule has 0 amide bonds. The summed E-state index contributed by atoms with van der Waals surface area (Å²) in [7, 11) is -4.23. The molecule has 0 aliphatic heterocycles. The van der Waals surface area contributed by atoms with Crippen LogP contribution in [0.3, 0.4) is 0 Å². The molecule has 0 unspecified atom stereocenters. The van der Waals surface area contributed by atoms with Crippen LogP contribution in [0, 0.1) is 6.92 Å². The standard InChI is InChI=1S/C43H30N2O4S.C36H24N2O2.C18H12BrNO.C18H13NO/c1-29-20-23-33(24-21-29)50(46,47)49-43-28-39-36(34-16-8-10-18-38(34)45(39)31-14-6-3-7-15-31)27-40(43)44(30-12-4-2-5-13-30)32-22-25-42-37(26-32)35-17-9-11-19-41(35)48-42;39-34-23-32-29(27-15-7-9-17-31(27)38(32)25-13-5-2-6-14-25)22-33(34)37(24-11-3-1-4-12-24)26-19-20-36-30(21-26)28-16-8-10-18-35(28)40-36;19-15-10-14-13-8-4-5-9-16(13)20(17(14)11-18(15)21)12-6-2-1-3-7-12;20-14-10-11-16-15-8-4-5-9-17(15)19(18(16)12-14)13-6-2-1-3-7-13/h2-28H,1H3;1-23,39H;1-11,21H;1-12,20H.